The number of amides is 1. The number of carbonyl (C=O) groups excluding carboxylic acids is 2. The second-order valence-electron chi connectivity index (χ2n) is 5.45. The maximum Gasteiger partial charge on any atom is 0.407 e. The number of alkyl carbamates (subject to hydrolysis) is 1. The molecule has 7 heteroatoms. The standard InChI is InChI=1S/C19H22N2O4S/c1-13(20-12-14-8-5-4-6-9-14)16(18(22)24-2)17(21-19(23)25-3)15-10-7-11-26-15/h4-11,17,20H,12H2,1-3H3,(H,21,23)/b16-13-. The summed E-state index contributed by atoms with van der Waals surface area (Å²) in [5, 5.41) is 7.83. The number of allylic oxidation sites excluding steroid dienone is 1. The highest BCUT2D eigenvalue weighted by Gasteiger charge is 2.28. The van der Waals surface area contributed by atoms with Crippen LogP contribution in [-0.2, 0) is 20.8 Å². The average Bonchev–Trinajstić information content (AvgIpc) is 3.20. The van der Waals surface area contributed by atoms with Gasteiger partial charge in [-0.05, 0) is 23.9 Å². The summed E-state index contributed by atoms with van der Waals surface area (Å²) >= 11 is 1.43. The molecule has 1 amide bonds. The van der Waals surface area contributed by atoms with Crippen molar-refractivity contribution in [3.05, 3.63) is 69.6 Å². The van der Waals surface area contributed by atoms with Crippen molar-refractivity contribution in [2.75, 3.05) is 14.2 Å². The molecular formula is C19H22N2O4S. The summed E-state index contributed by atoms with van der Waals surface area (Å²) in [6.45, 7) is 2.33. The Balaban J connectivity index is 2.34. The molecule has 0 radical (unpaired) electrons. The van der Waals surface area contributed by atoms with Gasteiger partial charge in [-0.15, -0.1) is 11.3 Å². The molecule has 0 fully saturated rings. The fourth-order valence-corrected chi connectivity index (χ4v) is 3.23. The second-order valence-corrected chi connectivity index (χ2v) is 6.43. The summed E-state index contributed by atoms with van der Waals surface area (Å²) in [4.78, 5) is 25.1. The van der Waals surface area contributed by atoms with E-state index in [2.05, 4.69) is 10.6 Å². The van der Waals surface area contributed by atoms with Crippen LogP contribution in [0.5, 0.6) is 0 Å². The number of carbonyl (C=O) groups is 2. The quantitative estimate of drug-likeness (QED) is 0.574. The van der Waals surface area contributed by atoms with Crippen LogP contribution in [-0.4, -0.2) is 26.3 Å². The molecule has 1 unspecified atom stereocenters. The van der Waals surface area contributed by atoms with Crippen LogP contribution in [0, 0.1) is 0 Å². The summed E-state index contributed by atoms with van der Waals surface area (Å²) in [6, 6.07) is 12.8. The molecule has 0 aliphatic rings. The van der Waals surface area contributed by atoms with Gasteiger partial charge in [0.25, 0.3) is 0 Å². The van der Waals surface area contributed by atoms with E-state index < -0.39 is 18.1 Å². The lowest BCUT2D eigenvalue weighted by Crippen LogP contribution is -2.33. The normalized spacial score (nSPS) is 12.6. The molecule has 2 N–H and O–H groups in total. The van der Waals surface area contributed by atoms with Gasteiger partial charge in [0, 0.05) is 17.1 Å². The van der Waals surface area contributed by atoms with Crippen LogP contribution >= 0.6 is 11.3 Å². The van der Waals surface area contributed by atoms with Gasteiger partial charge in [-0.2, -0.15) is 0 Å². The van der Waals surface area contributed by atoms with E-state index in [1.807, 2.05) is 47.8 Å². The number of thiophene rings is 1. The zero-order valence-corrected chi connectivity index (χ0v) is 15.8. The third-order valence-electron chi connectivity index (χ3n) is 3.77. The fourth-order valence-electron chi connectivity index (χ4n) is 2.44. The van der Waals surface area contributed by atoms with Gasteiger partial charge in [-0.1, -0.05) is 36.4 Å². The Kier molecular flexibility index (Phi) is 7.23. The van der Waals surface area contributed by atoms with Gasteiger partial charge < -0.3 is 20.1 Å². The van der Waals surface area contributed by atoms with Crippen molar-refractivity contribution in [1.29, 1.82) is 0 Å². The molecule has 0 aliphatic heterocycles. The first-order chi connectivity index (χ1) is 12.6. The van der Waals surface area contributed by atoms with E-state index in [9.17, 15) is 9.59 Å². The number of rotatable bonds is 7. The van der Waals surface area contributed by atoms with Crippen LogP contribution in [0.15, 0.2) is 59.1 Å². The van der Waals surface area contributed by atoms with E-state index in [0.29, 0.717) is 17.8 Å². The zero-order valence-electron chi connectivity index (χ0n) is 14.9. The number of hydrogen-bond acceptors (Lipinski definition) is 6. The topological polar surface area (TPSA) is 76.7 Å². The van der Waals surface area contributed by atoms with Crippen LogP contribution in [0.2, 0.25) is 0 Å². The summed E-state index contributed by atoms with van der Waals surface area (Å²) in [6.07, 6.45) is -0.624. The molecule has 1 aromatic heterocycles. The van der Waals surface area contributed by atoms with Crippen molar-refractivity contribution in [3.63, 3.8) is 0 Å². The van der Waals surface area contributed by atoms with E-state index in [4.69, 9.17) is 9.47 Å². The van der Waals surface area contributed by atoms with Crippen molar-refractivity contribution >= 4 is 23.4 Å². The molecule has 0 bridgehead atoms. The first-order valence-corrected chi connectivity index (χ1v) is 8.89. The van der Waals surface area contributed by atoms with E-state index in [1.165, 1.54) is 25.6 Å². The molecule has 26 heavy (non-hydrogen) atoms. The third-order valence-corrected chi connectivity index (χ3v) is 4.71. The van der Waals surface area contributed by atoms with Crippen molar-refractivity contribution < 1.29 is 19.1 Å². The Morgan fingerprint density at radius 2 is 1.81 bits per heavy atom. The number of ether oxygens (including phenoxy) is 2. The van der Waals surface area contributed by atoms with Crippen LogP contribution in [0.25, 0.3) is 0 Å². The number of benzene rings is 1. The molecule has 0 aliphatic carbocycles. The van der Waals surface area contributed by atoms with Crippen LogP contribution in [0.1, 0.15) is 23.4 Å². The number of nitrogens with one attached hydrogen (secondary N) is 2. The molecule has 1 heterocycles. The second kappa shape index (κ2) is 9.62. The molecular weight excluding hydrogens is 352 g/mol. The lowest BCUT2D eigenvalue weighted by Gasteiger charge is -2.21. The Morgan fingerprint density at radius 3 is 2.38 bits per heavy atom. The molecule has 0 saturated carbocycles. The van der Waals surface area contributed by atoms with Crippen molar-refractivity contribution in [2.45, 2.75) is 19.5 Å². The minimum Gasteiger partial charge on any atom is -0.466 e. The van der Waals surface area contributed by atoms with Gasteiger partial charge >= 0.3 is 12.1 Å². The maximum atomic E-state index is 12.5. The monoisotopic (exact) mass is 374 g/mol. The summed E-state index contributed by atoms with van der Waals surface area (Å²) in [5.74, 6) is -0.516. The number of hydrogen-bond donors (Lipinski definition) is 2. The molecule has 6 nitrogen and oxygen atoms in total. The molecule has 2 rings (SSSR count). The van der Waals surface area contributed by atoms with Crippen molar-refractivity contribution in [1.82, 2.24) is 10.6 Å². The summed E-state index contributed by atoms with van der Waals surface area (Å²) in [7, 11) is 2.60. The smallest absolute Gasteiger partial charge is 0.407 e. The highest BCUT2D eigenvalue weighted by atomic mass is 32.1. The first kappa shape index (κ1) is 19.5. The molecule has 2 aromatic rings. The van der Waals surface area contributed by atoms with E-state index in [1.54, 1.807) is 6.92 Å². The SMILES string of the molecule is COC(=O)NC(/C(C(=O)OC)=C(\C)NCc1ccccc1)c1cccs1. The lowest BCUT2D eigenvalue weighted by molar-refractivity contribution is -0.136. The fraction of sp³-hybridized carbons (Fsp3) is 0.263. The van der Waals surface area contributed by atoms with Crippen LogP contribution < -0.4 is 10.6 Å². The highest BCUT2D eigenvalue weighted by molar-refractivity contribution is 7.10. The highest BCUT2D eigenvalue weighted by Crippen LogP contribution is 2.28. The number of esters is 1. The number of methoxy groups -OCH3 is 2. The van der Waals surface area contributed by atoms with Crippen molar-refractivity contribution in [2.24, 2.45) is 0 Å². The first-order valence-electron chi connectivity index (χ1n) is 8.01. The predicted molar refractivity (Wildman–Crippen MR) is 101 cm³/mol. The maximum absolute atomic E-state index is 12.5. The molecule has 1 atom stereocenters. The lowest BCUT2D eigenvalue weighted by atomic mass is 10.0. The Morgan fingerprint density at radius 1 is 1.08 bits per heavy atom. The van der Waals surface area contributed by atoms with E-state index >= 15 is 0 Å². The zero-order chi connectivity index (χ0) is 18.9. The van der Waals surface area contributed by atoms with Crippen LogP contribution in [0.3, 0.4) is 0 Å². The molecule has 138 valence electrons. The molecule has 0 spiro atoms. The van der Waals surface area contributed by atoms with Gasteiger partial charge in [-0.3, -0.25) is 0 Å². The van der Waals surface area contributed by atoms with E-state index in [0.717, 1.165) is 10.4 Å². The Labute approximate surface area is 156 Å². The predicted octanol–water partition coefficient (Wildman–Crippen LogP) is 3.38. The van der Waals surface area contributed by atoms with Crippen molar-refractivity contribution in [3.8, 4) is 0 Å². The minimum absolute atomic E-state index is 0.330. The van der Waals surface area contributed by atoms with Gasteiger partial charge in [0.15, 0.2) is 0 Å². The largest absolute Gasteiger partial charge is 0.466 e. The summed E-state index contributed by atoms with van der Waals surface area (Å²) < 4.78 is 9.67. The van der Waals surface area contributed by atoms with Gasteiger partial charge in [0.05, 0.1) is 19.8 Å². The van der Waals surface area contributed by atoms with Crippen LogP contribution in [0.4, 0.5) is 4.79 Å². The Hall–Kier alpha value is -2.80. The third kappa shape index (κ3) is 5.10. The minimum atomic E-state index is -0.668. The summed E-state index contributed by atoms with van der Waals surface area (Å²) in [5.41, 5.74) is 2.02. The van der Waals surface area contributed by atoms with Gasteiger partial charge in [0.2, 0.25) is 0 Å². The average molecular weight is 374 g/mol. The van der Waals surface area contributed by atoms with Gasteiger partial charge in [-0.25, -0.2) is 9.59 Å². The van der Waals surface area contributed by atoms with E-state index in [-0.39, 0.29) is 0 Å². The molecule has 1 aromatic carbocycles. The Bertz CT molecular complexity index is 757. The van der Waals surface area contributed by atoms with Gasteiger partial charge in [0.1, 0.15) is 6.04 Å². The molecule has 0 saturated heterocycles.